The number of aryl methyl sites for hydroxylation is 1. The summed E-state index contributed by atoms with van der Waals surface area (Å²) in [6.07, 6.45) is -0.720. The maximum Gasteiger partial charge on any atom is 0.248 e. The highest BCUT2D eigenvalue weighted by molar-refractivity contribution is 6.30. The summed E-state index contributed by atoms with van der Waals surface area (Å²) in [7, 11) is 0. The molecule has 0 amide bonds. The van der Waals surface area contributed by atoms with Gasteiger partial charge in [0.2, 0.25) is 5.56 Å². The molecule has 0 aliphatic heterocycles. The predicted octanol–water partition coefficient (Wildman–Crippen LogP) is 5.60. The molecule has 1 atom stereocenters. The van der Waals surface area contributed by atoms with Gasteiger partial charge in [0.15, 0.2) is 5.78 Å². The highest BCUT2D eigenvalue weighted by Crippen LogP contribution is 2.40. The Balaban J connectivity index is 2.40. The summed E-state index contributed by atoms with van der Waals surface area (Å²) in [5.41, 5.74) is 3.51. The van der Waals surface area contributed by atoms with E-state index >= 15 is 0 Å². The second kappa shape index (κ2) is 7.53. The van der Waals surface area contributed by atoms with E-state index in [1.54, 1.807) is 13.0 Å². The second-order valence-electron chi connectivity index (χ2n) is 7.99. The Hall–Kier alpha value is -2.43. The van der Waals surface area contributed by atoms with E-state index in [0.29, 0.717) is 5.02 Å². The van der Waals surface area contributed by atoms with Crippen molar-refractivity contribution in [2.45, 2.75) is 46.3 Å². The van der Waals surface area contributed by atoms with Crippen LogP contribution in [0.15, 0.2) is 47.3 Å². The zero-order valence-electron chi connectivity index (χ0n) is 16.7. The first-order valence-corrected chi connectivity index (χ1v) is 9.55. The van der Waals surface area contributed by atoms with Crippen LogP contribution in [0.2, 0.25) is 5.02 Å². The summed E-state index contributed by atoms with van der Waals surface area (Å²) in [5, 5.41) is 1.48. The van der Waals surface area contributed by atoms with Gasteiger partial charge >= 0.3 is 0 Å². The van der Waals surface area contributed by atoms with Gasteiger partial charge in [-0.1, -0.05) is 23.7 Å². The number of hydrogen-bond donors (Lipinski definition) is 1. The summed E-state index contributed by atoms with van der Waals surface area (Å²) in [5.74, 6) is -0.0722. The van der Waals surface area contributed by atoms with Crippen LogP contribution in [0, 0.1) is 6.92 Å². The zero-order chi connectivity index (χ0) is 20.6. The third-order valence-electron chi connectivity index (χ3n) is 4.51. The number of aromatic amines is 1. The molecule has 0 aliphatic carbocycles. The minimum absolute atomic E-state index is 0.0722. The number of carbonyl (C=O) groups excluding carboxylic acids is 1. The molecule has 28 heavy (non-hydrogen) atoms. The molecule has 0 saturated carbocycles. The molecule has 1 N–H and O–H groups in total. The number of aromatic nitrogens is 1. The topological polar surface area (TPSA) is 59.2 Å². The smallest absolute Gasteiger partial charge is 0.248 e. The largest absolute Gasteiger partial charge is 0.360 e. The first-order valence-electron chi connectivity index (χ1n) is 9.17. The van der Waals surface area contributed by atoms with E-state index in [-0.39, 0.29) is 11.3 Å². The van der Waals surface area contributed by atoms with E-state index in [0.717, 1.165) is 33.2 Å². The SMILES string of the molecule is CC(=O)[C@@H](OC(C)(C)C)c1c(C)cc2[nH]c(=O)ccc2c1-c1ccc(Cl)cc1. The number of rotatable bonds is 4. The fourth-order valence-electron chi connectivity index (χ4n) is 3.42. The molecule has 0 bridgehead atoms. The van der Waals surface area contributed by atoms with E-state index in [9.17, 15) is 9.59 Å². The molecule has 1 heterocycles. The number of hydrogen-bond acceptors (Lipinski definition) is 3. The molecular formula is C23H24ClNO3. The Labute approximate surface area is 169 Å². The lowest BCUT2D eigenvalue weighted by Gasteiger charge is -2.29. The number of fused-ring (bicyclic) bond motifs is 1. The molecule has 2 aromatic carbocycles. The van der Waals surface area contributed by atoms with Crippen molar-refractivity contribution >= 4 is 28.3 Å². The van der Waals surface area contributed by atoms with Gasteiger partial charge < -0.3 is 9.72 Å². The van der Waals surface area contributed by atoms with Crippen LogP contribution in [0.3, 0.4) is 0 Å². The number of ether oxygens (including phenoxy) is 1. The van der Waals surface area contributed by atoms with Gasteiger partial charge in [0, 0.05) is 22.0 Å². The Morgan fingerprint density at radius 1 is 1.11 bits per heavy atom. The fourth-order valence-corrected chi connectivity index (χ4v) is 3.55. The normalized spacial score (nSPS) is 12.9. The van der Waals surface area contributed by atoms with Gasteiger partial charge in [-0.05, 0) is 81.1 Å². The van der Waals surface area contributed by atoms with Crippen molar-refractivity contribution in [2.75, 3.05) is 0 Å². The average Bonchev–Trinajstić information content (AvgIpc) is 2.58. The van der Waals surface area contributed by atoms with Crippen LogP contribution >= 0.6 is 11.6 Å². The lowest BCUT2D eigenvalue weighted by molar-refractivity contribution is -0.138. The molecular weight excluding hydrogens is 374 g/mol. The minimum atomic E-state index is -0.720. The highest BCUT2D eigenvalue weighted by Gasteiger charge is 2.29. The monoisotopic (exact) mass is 397 g/mol. The fraction of sp³-hybridized carbons (Fsp3) is 0.304. The number of halogens is 1. The third kappa shape index (κ3) is 4.18. The molecule has 0 saturated heterocycles. The molecule has 146 valence electrons. The standard InChI is InChI=1S/C23H24ClNO3/c1-13-12-18-17(10-11-19(27)25-18)21(15-6-8-16(24)9-7-15)20(13)22(14(2)26)28-23(3,4)5/h6-12,22H,1-5H3,(H,25,27)/t22-/m1/s1. The molecule has 0 unspecified atom stereocenters. The maximum absolute atomic E-state index is 12.6. The number of Topliss-reactive ketones (excluding diaryl/α,β-unsaturated/α-hetero) is 1. The molecule has 5 heteroatoms. The summed E-state index contributed by atoms with van der Waals surface area (Å²) in [4.78, 5) is 27.3. The third-order valence-corrected chi connectivity index (χ3v) is 4.76. The van der Waals surface area contributed by atoms with Crippen LogP contribution in [0.1, 0.15) is 44.9 Å². The Morgan fingerprint density at radius 2 is 1.75 bits per heavy atom. The second-order valence-corrected chi connectivity index (χ2v) is 8.43. The summed E-state index contributed by atoms with van der Waals surface area (Å²) in [6, 6.07) is 12.6. The summed E-state index contributed by atoms with van der Waals surface area (Å²) < 4.78 is 6.18. The number of H-pyrrole nitrogens is 1. The first kappa shape index (κ1) is 20.3. The van der Waals surface area contributed by atoms with Crippen LogP contribution in [0.5, 0.6) is 0 Å². The molecule has 4 nitrogen and oxygen atoms in total. The number of nitrogens with one attached hydrogen (secondary N) is 1. The first-order chi connectivity index (χ1) is 13.1. The Kier molecular flexibility index (Phi) is 5.46. The number of ketones is 1. The lowest BCUT2D eigenvalue weighted by Crippen LogP contribution is -2.27. The Bertz CT molecular complexity index is 1090. The van der Waals surface area contributed by atoms with Crippen molar-refractivity contribution < 1.29 is 9.53 Å². The molecule has 3 aromatic rings. The molecule has 1 aromatic heterocycles. The molecule has 0 aliphatic rings. The van der Waals surface area contributed by atoms with Gasteiger partial charge in [-0.2, -0.15) is 0 Å². The molecule has 0 radical (unpaired) electrons. The van der Waals surface area contributed by atoms with Crippen LogP contribution in [0.25, 0.3) is 22.0 Å². The quantitative estimate of drug-likeness (QED) is 0.623. The van der Waals surface area contributed by atoms with Crippen LogP contribution in [-0.4, -0.2) is 16.4 Å². The van der Waals surface area contributed by atoms with Crippen molar-refractivity contribution in [2.24, 2.45) is 0 Å². The van der Waals surface area contributed by atoms with E-state index in [1.807, 2.05) is 58.0 Å². The number of carbonyl (C=O) groups is 1. The van der Waals surface area contributed by atoms with Crippen LogP contribution in [-0.2, 0) is 9.53 Å². The van der Waals surface area contributed by atoms with Crippen molar-refractivity contribution in [3.8, 4) is 11.1 Å². The van der Waals surface area contributed by atoms with E-state index in [4.69, 9.17) is 16.3 Å². The summed E-state index contributed by atoms with van der Waals surface area (Å²) in [6.45, 7) is 9.26. The molecule has 3 rings (SSSR count). The predicted molar refractivity (Wildman–Crippen MR) is 114 cm³/mol. The van der Waals surface area contributed by atoms with Crippen LogP contribution < -0.4 is 5.56 Å². The Morgan fingerprint density at radius 3 is 2.32 bits per heavy atom. The van der Waals surface area contributed by atoms with Crippen LogP contribution in [0.4, 0.5) is 0 Å². The van der Waals surface area contributed by atoms with Gasteiger partial charge in [0.05, 0.1) is 5.60 Å². The van der Waals surface area contributed by atoms with E-state index in [1.165, 1.54) is 6.07 Å². The molecule has 0 spiro atoms. The highest BCUT2D eigenvalue weighted by atomic mass is 35.5. The number of pyridine rings is 1. The van der Waals surface area contributed by atoms with Gasteiger partial charge in [0.1, 0.15) is 6.10 Å². The van der Waals surface area contributed by atoms with E-state index < -0.39 is 11.7 Å². The summed E-state index contributed by atoms with van der Waals surface area (Å²) >= 11 is 6.08. The van der Waals surface area contributed by atoms with E-state index in [2.05, 4.69) is 4.98 Å². The van der Waals surface area contributed by atoms with Crippen molar-refractivity contribution in [3.63, 3.8) is 0 Å². The van der Waals surface area contributed by atoms with Crippen molar-refractivity contribution in [1.29, 1.82) is 0 Å². The zero-order valence-corrected chi connectivity index (χ0v) is 17.5. The average molecular weight is 398 g/mol. The molecule has 0 fully saturated rings. The van der Waals surface area contributed by atoms with Gasteiger partial charge in [-0.3, -0.25) is 9.59 Å². The maximum atomic E-state index is 12.6. The lowest BCUT2D eigenvalue weighted by atomic mass is 9.87. The van der Waals surface area contributed by atoms with Gasteiger partial charge in [-0.15, -0.1) is 0 Å². The number of benzene rings is 2. The van der Waals surface area contributed by atoms with Gasteiger partial charge in [0.25, 0.3) is 0 Å². The van der Waals surface area contributed by atoms with Crippen molar-refractivity contribution in [1.82, 2.24) is 4.98 Å². The van der Waals surface area contributed by atoms with Crippen molar-refractivity contribution in [3.05, 3.63) is 69.0 Å². The van der Waals surface area contributed by atoms with Gasteiger partial charge in [-0.25, -0.2) is 0 Å². The minimum Gasteiger partial charge on any atom is -0.360 e.